The first-order valence-corrected chi connectivity index (χ1v) is 9.85. The number of nitrogens with zero attached hydrogens (tertiary/aromatic N) is 2. The van der Waals surface area contributed by atoms with Crippen LogP contribution >= 0.6 is 0 Å². The topological polar surface area (TPSA) is 16.1 Å². The molecule has 1 aromatic rings. The Morgan fingerprint density at radius 3 is 2.17 bits per heavy atom. The molecule has 0 fully saturated rings. The van der Waals surface area contributed by atoms with Crippen LogP contribution in [-0.4, -0.2) is 28.5 Å². The molecule has 0 radical (unpaired) electrons. The summed E-state index contributed by atoms with van der Waals surface area (Å²) in [6.45, 7) is 20.8. The van der Waals surface area contributed by atoms with Gasteiger partial charge in [-0.2, -0.15) is 0 Å². The van der Waals surface area contributed by atoms with Crippen LogP contribution < -0.4 is 0 Å². The molecule has 0 aliphatic rings. The lowest BCUT2D eigenvalue weighted by atomic mass is 9.75. The largest absolute Gasteiger partial charge is 0.298 e. The minimum absolute atomic E-state index is 0.129. The van der Waals surface area contributed by atoms with E-state index in [-0.39, 0.29) is 11.0 Å². The summed E-state index contributed by atoms with van der Waals surface area (Å²) in [7, 11) is 0. The number of hydrogen-bond acceptors (Lipinski definition) is 2. The van der Waals surface area contributed by atoms with Crippen LogP contribution in [0, 0.1) is 0 Å². The SMILES string of the molecule is CCCCCN(CC)C(C)(C)CC(C)(C)c1ccc(C(C)C)nc1. The van der Waals surface area contributed by atoms with Crippen molar-refractivity contribution in [2.24, 2.45) is 0 Å². The van der Waals surface area contributed by atoms with Gasteiger partial charge in [-0.25, -0.2) is 0 Å². The fraction of sp³-hybridized carbons (Fsp3) is 0.773. The summed E-state index contributed by atoms with van der Waals surface area (Å²) in [6.07, 6.45) is 7.16. The maximum absolute atomic E-state index is 4.69. The molecule has 1 aromatic heterocycles. The van der Waals surface area contributed by atoms with Gasteiger partial charge in [-0.3, -0.25) is 9.88 Å². The highest BCUT2D eigenvalue weighted by Gasteiger charge is 2.34. The molecular weight excluding hydrogens is 292 g/mol. The van der Waals surface area contributed by atoms with Gasteiger partial charge in [-0.1, -0.05) is 60.5 Å². The van der Waals surface area contributed by atoms with Crippen molar-refractivity contribution in [2.45, 2.75) is 97.9 Å². The van der Waals surface area contributed by atoms with E-state index in [9.17, 15) is 0 Å². The zero-order chi connectivity index (χ0) is 18.4. The predicted octanol–water partition coefficient (Wildman–Crippen LogP) is 6.16. The van der Waals surface area contributed by atoms with Crippen molar-refractivity contribution in [3.8, 4) is 0 Å². The van der Waals surface area contributed by atoms with Crippen LogP contribution in [0.3, 0.4) is 0 Å². The van der Waals surface area contributed by atoms with Crippen LogP contribution in [0.5, 0.6) is 0 Å². The summed E-state index contributed by atoms with van der Waals surface area (Å²) in [5.74, 6) is 0.493. The first-order valence-electron chi connectivity index (χ1n) is 9.85. The molecule has 0 amide bonds. The highest BCUT2D eigenvalue weighted by molar-refractivity contribution is 5.24. The summed E-state index contributed by atoms with van der Waals surface area (Å²) in [4.78, 5) is 7.34. The first-order chi connectivity index (χ1) is 11.1. The van der Waals surface area contributed by atoms with E-state index >= 15 is 0 Å². The van der Waals surface area contributed by atoms with Gasteiger partial charge < -0.3 is 0 Å². The van der Waals surface area contributed by atoms with E-state index in [2.05, 4.69) is 83.6 Å². The maximum atomic E-state index is 4.69. The fourth-order valence-corrected chi connectivity index (χ4v) is 3.88. The fourth-order valence-electron chi connectivity index (χ4n) is 3.88. The molecule has 0 N–H and O–H groups in total. The number of hydrogen-bond donors (Lipinski definition) is 0. The van der Waals surface area contributed by atoms with Gasteiger partial charge >= 0.3 is 0 Å². The lowest BCUT2D eigenvalue weighted by molar-refractivity contribution is 0.0942. The molecule has 0 saturated heterocycles. The first kappa shape index (κ1) is 21.2. The summed E-state index contributed by atoms with van der Waals surface area (Å²) in [5.41, 5.74) is 2.86. The van der Waals surface area contributed by atoms with Crippen molar-refractivity contribution < 1.29 is 0 Å². The van der Waals surface area contributed by atoms with E-state index in [0.717, 1.165) is 13.0 Å². The lowest BCUT2D eigenvalue weighted by Crippen LogP contribution is -2.47. The Hall–Kier alpha value is -0.890. The van der Waals surface area contributed by atoms with Crippen molar-refractivity contribution in [2.75, 3.05) is 13.1 Å². The zero-order valence-corrected chi connectivity index (χ0v) is 17.4. The average Bonchev–Trinajstić information content (AvgIpc) is 2.50. The quantitative estimate of drug-likeness (QED) is 0.477. The normalized spacial score (nSPS) is 13.1. The molecule has 0 saturated carbocycles. The third kappa shape index (κ3) is 5.88. The molecule has 2 heteroatoms. The molecule has 1 rings (SSSR count). The molecular formula is C22H40N2. The van der Waals surface area contributed by atoms with Crippen LogP contribution in [0.25, 0.3) is 0 Å². The molecule has 0 aliphatic heterocycles. The Labute approximate surface area is 151 Å². The third-order valence-electron chi connectivity index (χ3n) is 5.30. The molecule has 24 heavy (non-hydrogen) atoms. The van der Waals surface area contributed by atoms with E-state index in [0.29, 0.717) is 5.92 Å². The summed E-state index contributed by atoms with van der Waals surface area (Å²) in [6, 6.07) is 4.49. The minimum Gasteiger partial charge on any atom is -0.298 e. The molecule has 0 spiro atoms. The van der Waals surface area contributed by atoms with Crippen LogP contribution in [0.15, 0.2) is 18.3 Å². The summed E-state index contributed by atoms with van der Waals surface area (Å²) >= 11 is 0. The van der Waals surface area contributed by atoms with Crippen LogP contribution in [-0.2, 0) is 5.41 Å². The van der Waals surface area contributed by atoms with Crippen LogP contribution in [0.4, 0.5) is 0 Å². The number of aromatic nitrogens is 1. The predicted molar refractivity (Wildman–Crippen MR) is 107 cm³/mol. The minimum atomic E-state index is 0.129. The second kappa shape index (κ2) is 8.99. The highest BCUT2D eigenvalue weighted by Crippen LogP contribution is 2.35. The van der Waals surface area contributed by atoms with E-state index in [1.807, 2.05) is 0 Å². The standard InChI is InChI=1S/C22H40N2/c1-9-11-12-15-24(10-2)22(7,8)17-21(5,6)19-13-14-20(18(3)4)23-16-19/h13-14,16,18H,9-12,15,17H2,1-8H3. The molecule has 0 atom stereocenters. The number of unbranched alkanes of at least 4 members (excludes halogenated alkanes) is 2. The van der Waals surface area contributed by atoms with E-state index in [1.54, 1.807) is 0 Å². The van der Waals surface area contributed by atoms with Crippen LogP contribution in [0.2, 0.25) is 0 Å². The lowest BCUT2D eigenvalue weighted by Gasteiger charge is -2.43. The van der Waals surface area contributed by atoms with Gasteiger partial charge in [0.2, 0.25) is 0 Å². The van der Waals surface area contributed by atoms with Crippen molar-refractivity contribution in [3.63, 3.8) is 0 Å². The van der Waals surface area contributed by atoms with E-state index < -0.39 is 0 Å². The van der Waals surface area contributed by atoms with Gasteiger partial charge in [0, 0.05) is 17.4 Å². The Balaban J connectivity index is 2.85. The second-order valence-electron chi connectivity index (χ2n) is 8.79. The molecule has 0 bridgehead atoms. The molecule has 138 valence electrons. The Morgan fingerprint density at radius 1 is 1.04 bits per heavy atom. The van der Waals surface area contributed by atoms with Gasteiger partial charge in [0.05, 0.1) is 0 Å². The Kier molecular flexibility index (Phi) is 7.92. The second-order valence-corrected chi connectivity index (χ2v) is 8.79. The molecule has 0 aliphatic carbocycles. The van der Waals surface area contributed by atoms with E-state index in [1.165, 1.54) is 37.1 Å². The number of pyridine rings is 1. The van der Waals surface area contributed by atoms with Crippen molar-refractivity contribution in [3.05, 3.63) is 29.6 Å². The average molecular weight is 333 g/mol. The summed E-state index contributed by atoms with van der Waals surface area (Å²) < 4.78 is 0. The Morgan fingerprint density at radius 2 is 1.71 bits per heavy atom. The highest BCUT2D eigenvalue weighted by atomic mass is 15.2. The number of rotatable bonds is 10. The van der Waals surface area contributed by atoms with Crippen molar-refractivity contribution in [1.82, 2.24) is 9.88 Å². The molecule has 0 aromatic carbocycles. The molecule has 2 nitrogen and oxygen atoms in total. The van der Waals surface area contributed by atoms with Gasteiger partial charge in [0.15, 0.2) is 0 Å². The van der Waals surface area contributed by atoms with Gasteiger partial charge in [-0.15, -0.1) is 0 Å². The monoisotopic (exact) mass is 332 g/mol. The third-order valence-corrected chi connectivity index (χ3v) is 5.30. The van der Waals surface area contributed by atoms with Gasteiger partial charge in [-0.05, 0) is 62.7 Å². The van der Waals surface area contributed by atoms with Gasteiger partial charge in [0.25, 0.3) is 0 Å². The van der Waals surface area contributed by atoms with Gasteiger partial charge in [0.1, 0.15) is 0 Å². The Bertz CT molecular complexity index is 471. The molecule has 1 heterocycles. The van der Waals surface area contributed by atoms with Crippen molar-refractivity contribution in [1.29, 1.82) is 0 Å². The van der Waals surface area contributed by atoms with Crippen molar-refractivity contribution >= 4 is 0 Å². The maximum Gasteiger partial charge on any atom is 0.0429 e. The van der Waals surface area contributed by atoms with E-state index in [4.69, 9.17) is 0 Å². The smallest absolute Gasteiger partial charge is 0.0429 e. The molecule has 0 unspecified atom stereocenters. The summed E-state index contributed by atoms with van der Waals surface area (Å²) in [5, 5.41) is 0. The van der Waals surface area contributed by atoms with Crippen LogP contribution in [0.1, 0.15) is 98.2 Å². The zero-order valence-electron chi connectivity index (χ0n) is 17.4.